The molecule has 0 spiro atoms. The molecular weight excluding hydrogens is 354 g/mol. The minimum Gasteiger partial charge on any atom is -0.493 e. The second-order valence-corrected chi connectivity index (χ2v) is 9.08. The molecule has 4 rings (SSSR count). The van der Waals surface area contributed by atoms with Crippen LogP contribution in [0.5, 0.6) is 5.75 Å². The molecule has 1 atom stereocenters. The number of fused-ring (bicyclic) bond motifs is 1. The topological polar surface area (TPSA) is 79.0 Å². The van der Waals surface area contributed by atoms with Crippen LogP contribution in [-0.4, -0.2) is 68.9 Å². The summed E-state index contributed by atoms with van der Waals surface area (Å²) in [6.07, 6.45) is 3.38. The van der Waals surface area contributed by atoms with Gasteiger partial charge in [-0.05, 0) is 49.4 Å². The van der Waals surface area contributed by atoms with Crippen molar-refractivity contribution in [2.75, 3.05) is 39.3 Å². The molecule has 2 saturated heterocycles. The Bertz CT molecular complexity index is 796. The van der Waals surface area contributed by atoms with E-state index in [-0.39, 0.29) is 11.9 Å². The Kier molecular flexibility index (Phi) is 4.90. The predicted molar refractivity (Wildman–Crippen MR) is 96.6 cm³/mol. The highest BCUT2D eigenvalue weighted by atomic mass is 32.2. The van der Waals surface area contributed by atoms with Crippen molar-refractivity contribution in [2.45, 2.75) is 36.6 Å². The van der Waals surface area contributed by atoms with Gasteiger partial charge in [-0.25, -0.2) is 8.42 Å². The number of carbonyl (C=O) groups is 1. The predicted octanol–water partition coefficient (Wildman–Crippen LogP) is 0.597. The van der Waals surface area contributed by atoms with Gasteiger partial charge in [-0.3, -0.25) is 4.79 Å². The first kappa shape index (κ1) is 17.8. The summed E-state index contributed by atoms with van der Waals surface area (Å²) in [6.45, 7) is 3.32. The van der Waals surface area contributed by atoms with E-state index >= 15 is 0 Å². The number of nitrogens with zero attached hydrogens (tertiary/aromatic N) is 2. The second-order valence-electron chi connectivity index (χ2n) is 7.14. The third-order valence-corrected chi connectivity index (χ3v) is 7.30. The largest absolute Gasteiger partial charge is 0.493 e. The van der Waals surface area contributed by atoms with E-state index in [1.54, 1.807) is 22.5 Å². The first-order chi connectivity index (χ1) is 12.6. The summed E-state index contributed by atoms with van der Waals surface area (Å²) < 4.78 is 33.4. The Hall–Kier alpha value is -1.64. The number of piperidine rings is 1. The summed E-state index contributed by atoms with van der Waals surface area (Å²) in [5.74, 6) is 0.851. The summed E-state index contributed by atoms with van der Waals surface area (Å²) in [7, 11) is -3.56. The number of amides is 1. The minimum atomic E-state index is -3.56. The zero-order valence-corrected chi connectivity index (χ0v) is 15.6. The van der Waals surface area contributed by atoms with Gasteiger partial charge < -0.3 is 15.0 Å². The van der Waals surface area contributed by atoms with Crippen molar-refractivity contribution in [3.63, 3.8) is 0 Å². The third-order valence-electron chi connectivity index (χ3n) is 5.44. The number of hydrogen-bond donors (Lipinski definition) is 1. The quantitative estimate of drug-likeness (QED) is 0.832. The zero-order valence-electron chi connectivity index (χ0n) is 14.8. The highest BCUT2D eigenvalue weighted by Gasteiger charge is 2.35. The monoisotopic (exact) mass is 379 g/mol. The molecule has 0 bridgehead atoms. The van der Waals surface area contributed by atoms with E-state index in [2.05, 4.69) is 5.32 Å². The molecule has 26 heavy (non-hydrogen) atoms. The highest BCUT2D eigenvalue weighted by molar-refractivity contribution is 7.89. The standard InChI is InChI=1S/C18H25N3O4S/c22-18-12-19-7-9-21(18)15-4-1-8-20(13-15)26(23,24)16-5-6-17-14(11-16)3-2-10-25-17/h5-6,11,15,19H,1-4,7-10,12-13H2. The van der Waals surface area contributed by atoms with Gasteiger partial charge in [-0.2, -0.15) is 4.31 Å². The Balaban J connectivity index is 1.54. The molecule has 1 aromatic carbocycles. The number of carbonyl (C=O) groups excluding carboxylic acids is 1. The molecule has 0 aliphatic carbocycles. The lowest BCUT2D eigenvalue weighted by molar-refractivity contribution is -0.135. The lowest BCUT2D eigenvalue weighted by Gasteiger charge is -2.40. The van der Waals surface area contributed by atoms with Crippen LogP contribution in [0.2, 0.25) is 0 Å². The Labute approximate surface area is 154 Å². The molecular formula is C18H25N3O4S. The average molecular weight is 379 g/mol. The van der Waals surface area contributed by atoms with Gasteiger partial charge in [0.2, 0.25) is 15.9 Å². The van der Waals surface area contributed by atoms with Gasteiger partial charge >= 0.3 is 0 Å². The molecule has 1 amide bonds. The number of piperazine rings is 1. The molecule has 0 saturated carbocycles. The van der Waals surface area contributed by atoms with Crippen LogP contribution < -0.4 is 10.1 Å². The molecule has 8 heteroatoms. The number of nitrogens with one attached hydrogen (secondary N) is 1. The van der Waals surface area contributed by atoms with E-state index in [0.29, 0.717) is 37.7 Å². The Morgan fingerprint density at radius 1 is 1.19 bits per heavy atom. The summed E-state index contributed by atoms with van der Waals surface area (Å²) in [4.78, 5) is 14.3. The van der Waals surface area contributed by atoms with Crippen LogP contribution in [0.15, 0.2) is 23.1 Å². The molecule has 3 aliphatic heterocycles. The molecule has 2 fully saturated rings. The van der Waals surface area contributed by atoms with Gasteiger partial charge in [-0.15, -0.1) is 0 Å². The SMILES string of the molecule is O=C1CNCCN1C1CCCN(S(=O)(=O)c2ccc3c(c2)CCCO3)C1. The number of hydrogen-bond acceptors (Lipinski definition) is 5. The lowest BCUT2D eigenvalue weighted by atomic mass is 10.1. The second kappa shape index (κ2) is 7.17. The maximum absolute atomic E-state index is 13.2. The van der Waals surface area contributed by atoms with Crippen molar-refractivity contribution >= 4 is 15.9 Å². The maximum atomic E-state index is 13.2. The molecule has 3 heterocycles. The fourth-order valence-corrected chi connectivity index (χ4v) is 5.61. The fourth-order valence-electron chi connectivity index (χ4n) is 4.05. The van der Waals surface area contributed by atoms with Crippen molar-refractivity contribution in [3.05, 3.63) is 23.8 Å². The van der Waals surface area contributed by atoms with Crippen LogP contribution in [-0.2, 0) is 21.2 Å². The van der Waals surface area contributed by atoms with Gasteiger partial charge in [0, 0.05) is 32.2 Å². The van der Waals surface area contributed by atoms with Crippen molar-refractivity contribution in [1.29, 1.82) is 0 Å². The van der Waals surface area contributed by atoms with E-state index in [9.17, 15) is 13.2 Å². The third kappa shape index (κ3) is 3.33. The summed E-state index contributed by atoms with van der Waals surface area (Å²) in [6, 6.07) is 5.12. The van der Waals surface area contributed by atoms with Gasteiger partial charge in [0.15, 0.2) is 0 Å². The van der Waals surface area contributed by atoms with E-state index in [4.69, 9.17) is 4.74 Å². The normalized spacial score (nSPS) is 24.8. The Morgan fingerprint density at radius 3 is 2.92 bits per heavy atom. The number of benzene rings is 1. The zero-order chi connectivity index (χ0) is 18.1. The molecule has 1 unspecified atom stereocenters. The lowest BCUT2D eigenvalue weighted by Crippen LogP contribution is -2.57. The molecule has 0 radical (unpaired) electrons. The van der Waals surface area contributed by atoms with Crippen molar-refractivity contribution in [3.8, 4) is 5.75 Å². The van der Waals surface area contributed by atoms with Gasteiger partial charge in [0.25, 0.3) is 0 Å². The van der Waals surface area contributed by atoms with Crippen LogP contribution in [0.1, 0.15) is 24.8 Å². The van der Waals surface area contributed by atoms with Crippen LogP contribution in [0, 0.1) is 0 Å². The van der Waals surface area contributed by atoms with Crippen LogP contribution in [0.4, 0.5) is 0 Å². The van der Waals surface area contributed by atoms with Crippen LogP contribution in [0.25, 0.3) is 0 Å². The molecule has 7 nitrogen and oxygen atoms in total. The van der Waals surface area contributed by atoms with Crippen LogP contribution >= 0.6 is 0 Å². The smallest absolute Gasteiger partial charge is 0.243 e. The van der Waals surface area contributed by atoms with Crippen molar-refractivity contribution in [2.24, 2.45) is 0 Å². The first-order valence-electron chi connectivity index (χ1n) is 9.32. The molecule has 3 aliphatic rings. The van der Waals surface area contributed by atoms with E-state index < -0.39 is 10.0 Å². The maximum Gasteiger partial charge on any atom is 0.243 e. The van der Waals surface area contributed by atoms with Gasteiger partial charge in [0.05, 0.1) is 18.0 Å². The molecule has 1 N–H and O–H groups in total. The highest BCUT2D eigenvalue weighted by Crippen LogP contribution is 2.30. The summed E-state index contributed by atoms with van der Waals surface area (Å²) in [5, 5.41) is 3.06. The minimum absolute atomic E-state index is 0.0333. The fraction of sp³-hybridized carbons (Fsp3) is 0.611. The number of ether oxygens (including phenoxy) is 1. The first-order valence-corrected chi connectivity index (χ1v) is 10.8. The summed E-state index contributed by atoms with van der Waals surface area (Å²) >= 11 is 0. The number of rotatable bonds is 3. The van der Waals surface area contributed by atoms with Gasteiger partial charge in [-0.1, -0.05) is 0 Å². The Morgan fingerprint density at radius 2 is 2.08 bits per heavy atom. The average Bonchev–Trinajstić information content (AvgIpc) is 2.68. The number of aryl methyl sites for hydroxylation is 1. The molecule has 0 aromatic heterocycles. The summed E-state index contributed by atoms with van der Waals surface area (Å²) in [5.41, 5.74) is 0.961. The van der Waals surface area contributed by atoms with Crippen LogP contribution in [0.3, 0.4) is 0 Å². The molecule has 142 valence electrons. The molecule has 1 aromatic rings. The van der Waals surface area contributed by atoms with E-state index in [1.165, 1.54) is 0 Å². The van der Waals surface area contributed by atoms with E-state index in [0.717, 1.165) is 43.5 Å². The van der Waals surface area contributed by atoms with Crippen molar-refractivity contribution < 1.29 is 17.9 Å². The van der Waals surface area contributed by atoms with Crippen molar-refractivity contribution in [1.82, 2.24) is 14.5 Å². The van der Waals surface area contributed by atoms with Gasteiger partial charge in [0.1, 0.15) is 5.75 Å². The number of sulfonamides is 1. The van der Waals surface area contributed by atoms with E-state index in [1.807, 2.05) is 4.90 Å².